The van der Waals surface area contributed by atoms with Crippen molar-refractivity contribution in [1.29, 1.82) is 0 Å². The number of aryl methyl sites for hydroxylation is 3. The summed E-state index contributed by atoms with van der Waals surface area (Å²) in [7, 11) is 0. The fraction of sp³-hybridized carbons (Fsp3) is 0.375. The molecular formula is C16H19NO3S. The first-order valence-corrected chi connectivity index (χ1v) is 7.76. The molecular weight excluding hydrogens is 286 g/mol. The van der Waals surface area contributed by atoms with Crippen molar-refractivity contribution in [3.05, 3.63) is 43.9 Å². The van der Waals surface area contributed by atoms with E-state index in [1.807, 2.05) is 12.3 Å². The SMILES string of the molecule is Cc1cc(C)c(-c2csc(=O)n2CCCC(=O)O)cc1C. The number of hydrogen-bond acceptors (Lipinski definition) is 3. The number of hydrogen-bond donors (Lipinski definition) is 1. The summed E-state index contributed by atoms with van der Waals surface area (Å²) in [6, 6.07) is 4.22. The van der Waals surface area contributed by atoms with Crippen molar-refractivity contribution < 1.29 is 9.90 Å². The molecule has 2 rings (SSSR count). The normalized spacial score (nSPS) is 10.8. The third-order valence-corrected chi connectivity index (χ3v) is 4.43. The maximum atomic E-state index is 12.0. The Kier molecular flexibility index (Phi) is 4.63. The van der Waals surface area contributed by atoms with Crippen LogP contribution in [0.25, 0.3) is 11.3 Å². The molecule has 0 bridgehead atoms. The summed E-state index contributed by atoms with van der Waals surface area (Å²) in [5, 5.41) is 10.6. The van der Waals surface area contributed by atoms with Crippen LogP contribution < -0.4 is 4.87 Å². The molecule has 0 saturated carbocycles. The number of aliphatic carboxylic acids is 1. The molecule has 0 aliphatic carbocycles. The van der Waals surface area contributed by atoms with Crippen LogP contribution in [-0.2, 0) is 11.3 Å². The van der Waals surface area contributed by atoms with Gasteiger partial charge in [-0.2, -0.15) is 0 Å². The van der Waals surface area contributed by atoms with Crippen LogP contribution in [0.1, 0.15) is 29.5 Å². The standard InChI is InChI=1S/C16H19NO3S/c1-10-7-12(3)13(8-11(10)2)14-9-21-16(20)17(14)6-4-5-15(18)19/h7-9H,4-6H2,1-3H3,(H,18,19). The molecule has 0 amide bonds. The molecule has 1 N–H and O–H groups in total. The topological polar surface area (TPSA) is 59.3 Å². The molecule has 0 unspecified atom stereocenters. The zero-order valence-electron chi connectivity index (χ0n) is 12.5. The molecule has 1 aromatic heterocycles. The van der Waals surface area contributed by atoms with Crippen LogP contribution in [0.4, 0.5) is 0 Å². The first-order valence-electron chi connectivity index (χ1n) is 6.88. The molecule has 112 valence electrons. The molecule has 1 heterocycles. The van der Waals surface area contributed by atoms with Crippen molar-refractivity contribution in [3.63, 3.8) is 0 Å². The quantitative estimate of drug-likeness (QED) is 0.921. The van der Waals surface area contributed by atoms with Crippen LogP contribution in [-0.4, -0.2) is 15.6 Å². The second-order valence-electron chi connectivity index (χ2n) is 5.29. The van der Waals surface area contributed by atoms with Crippen molar-refractivity contribution in [2.75, 3.05) is 0 Å². The summed E-state index contributed by atoms with van der Waals surface area (Å²) in [5.74, 6) is -0.831. The van der Waals surface area contributed by atoms with Crippen LogP contribution in [0.15, 0.2) is 22.3 Å². The Bertz CT molecular complexity index is 728. The first-order chi connectivity index (χ1) is 9.90. The predicted octanol–water partition coefficient (Wildman–Crippen LogP) is 3.37. The number of rotatable bonds is 5. The van der Waals surface area contributed by atoms with Crippen LogP contribution in [0.2, 0.25) is 0 Å². The van der Waals surface area contributed by atoms with E-state index in [1.165, 1.54) is 11.1 Å². The highest BCUT2D eigenvalue weighted by molar-refractivity contribution is 7.07. The van der Waals surface area contributed by atoms with Crippen LogP contribution in [0, 0.1) is 20.8 Å². The molecule has 0 radical (unpaired) electrons. The largest absolute Gasteiger partial charge is 0.481 e. The van der Waals surface area contributed by atoms with Gasteiger partial charge in [0.25, 0.3) is 0 Å². The molecule has 0 aliphatic heterocycles. The number of nitrogens with zero attached hydrogens (tertiary/aromatic N) is 1. The van der Waals surface area contributed by atoms with E-state index in [4.69, 9.17) is 5.11 Å². The highest BCUT2D eigenvalue weighted by Gasteiger charge is 2.12. The molecule has 0 aliphatic rings. The highest BCUT2D eigenvalue weighted by atomic mass is 32.1. The molecule has 0 spiro atoms. The molecule has 0 saturated heterocycles. The lowest BCUT2D eigenvalue weighted by molar-refractivity contribution is -0.137. The second kappa shape index (κ2) is 6.26. The van der Waals surface area contributed by atoms with Gasteiger partial charge in [-0.15, -0.1) is 0 Å². The van der Waals surface area contributed by atoms with Gasteiger partial charge in [0.15, 0.2) is 0 Å². The van der Waals surface area contributed by atoms with Gasteiger partial charge in [-0.05, 0) is 49.9 Å². The van der Waals surface area contributed by atoms with E-state index in [-0.39, 0.29) is 11.3 Å². The minimum atomic E-state index is -0.831. The molecule has 1 aromatic carbocycles. The molecule has 0 fully saturated rings. The van der Waals surface area contributed by atoms with Crippen molar-refractivity contribution >= 4 is 17.3 Å². The zero-order chi connectivity index (χ0) is 15.6. The average molecular weight is 305 g/mol. The number of aromatic nitrogens is 1. The first kappa shape index (κ1) is 15.5. The number of thiazole rings is 1. The molecule has 5 heteroatoms. The van der Waals surface area contributed by atoms with Gasteiger partial charge >= 0.3 is 10.8 Å². The van der Waals surface area contributed by atoms with Crippen molar-refractivity contribution in [2.24, 2.45) is 0 Å². The lowest BCUT2D eigenvalue weighted by Gasteiger charge is -2.12. The van der Waals surface area contributed by atoms with E-state index in [2.05, 4.69) is 26.0 Å². The van der Waals surface area contributed by atoms with E-state index in [0.717, 1.165) is 28.2 Å². The number of carboxylic acid groups (broad SMARTS) is 1. The van der Waals surface area contributed by atoms with Gasteiger partial charge in [-0.3, -0.25) is 14.2 Å². The Morgan fingerprint density at radius 3 is 2.52 bits per heavy atom. The van der Waals surface area contributed by atoms with Crippen molar-refractivity contribution in [3.8, 4) is 11.3 Å². The molecule has 2 aromatic rings. The third-order valence-electron chi connectivity index (χ3n) is 3.67. The molecule has 4 nitrogen and oxygen atoms in total. The van der Waals surface area contributed by atoms with E-state index in [9.17, 15) is 9.59 Å². The third kappa shape index (κ3) is 3.42. The Labute approximate surface area is 127 Å². The second-order valence-corrected chi connectivity index (χ2v) is 6.11. The Balaban J connectivity index is 2.39. The molecule has 21 heavy (non-hydrogen) atoms. The number of benzene rings is 1. The summed E-state index contributed by atoms with van der Waals surface area (Å²) < 4.78 is 1.69. The van der Waals surface area contributed by atoms with E-state index in [1.54, 1.807) is 4.57 Å². The number of carbonyl (C=O) groups is 1. The fourth-order valence-electron chi connectivity index (χ4n) is 2.38. The summed E-state index contributed by atoms with van der Waals surface area (Å²) in [6.45, 7) is 6.60. The van der Waals surface area contributed by atoms with Gasteiger partial charge in [0.2, 0.25) is 0 Å². The van der Waals surface area contributed by atoms with Gasteiger partial charge in [0.1, 0.15) is 0 Å². The maximum absolute atomic E-state index is 12.0. The fourth-order valence-corrected chi connectivity index (χ4v) is 3.16. The summed E-state index contributed by atoms with van der Waals surface area (Å²) in [4.78, 5) is 22.6. The van der Waals surface area contributed by atoms with E-state index in [0.29, 0.717) is 13.0 Å². The lowest BCUT2D eigenvalue weighted by atomic mass is 9.99. The summed E-state index contributed by atoms with van der Waals surface area (Å²) in [5.41, 5.74) is 5.48. The summed E-state index contributed by atoms with van der Waals surface area (Å²) in [6.07, 6.45) is 0.538. The van der Waals surface area contributed by atoms with Gasteiger partial charge in [-0.25, -0.2) is 0 Å². The van der Waals surface area contributed by atoms with Crippen LogP contribution >= 0.6 is 11.3 Å². The van der Waals surface area contributed by atoms with Crippen LogP contribution in [0.3, 0.4) is 0 Å². The zero-order valence-corrected chi connectivity index (χ0v) is 13.3. The van der Waals surface area contributed by atoms with Gasteiger partial charge in [0.05, 0.1) is 5.69 Å². The van der Waals surface area contributed by atoms with Gasteiger partial charge in [0, 0.05) is 23.9 Å². The van der Waals surface area contributed by atoms with Gasteiger partial charge < -0.3 is 5.11 Å². The maximum Gasteiger partial charge on any atom is 0.307 e. The average Bonchev–Trinajstić information content (AvgIpc) is 2.75. The predicted molar refractivity (Wildman–Crippen MR) is 85.1 cm³/mol. The minimum absolute atomic E-state index is 0.0342. The monoisotopic (exact) mass is 305 g/mol. The number of carboxylic acids is 1. The van der Waals surface area contributed by atoms with Crippen molar-refractivity contribution in [1.82, 2.24) is 4.57 Å². The smallest absolute Gasteiger partial charge is 0.307 e. The van der Waals surface area contributed by atoms with Crippen LogP contribution in [0.5, 0.6) is 0 Å². The van der Waals surface area contributed by atoms with E-state index < -0.39 is 5.97 Å². The minimum Gasteiger partial charge on any atom is -0.481 e. The Morgan fingerprint density at radius 1 is 1.19 bits per heavy atom. The Morgan fingerprint density at radius 2 is 1.86 bits per heavy atom. The lowest BCUT2D eigenvalue weighted by Crippen LogP contribution is -2.15. The van der Waals surface area contributed by atoms with Crippen molar-refractivity contribution in [2.45, 2.75) is 40.2 Å². The Hall–Kier alpha value is -1.88. The van der Waals surface area contributed by atoms with Gasteiger partial charge in [-0.1, -0.05) is 17.4 Å². The highest BCUT2D eigenvalue weighted by Crippen LogP contribution is 2.27. The van der Waals surface area contributed by atoms with E-state index >= 15 is 0 Å². The molecule has 0 atom stereocenters. The summed E-state index contributed by atoms with van der Waals surface area (Å²) >= 11 is 1.16.